The van der Waals surface area contributed by atoms with Crippen LogP contribution in [0.15, 0.2) is 46.9 Å². The zero-order chi connectivity index (χ0) is 14.5. The summed E-state index contributed by atoms with van der Waals surface area (Å²) in [6.45, 7) is 0. The highest BCUT2D eigenvalue weighted by Gasteiger charge is 2.13. The molecule has 0 fully saturated rings. The molecule has 2 aromatic carbocycles. The van der Waals surface area contributed by atoms with Gasteiger partial charge in [0.05, 0.1) is 13.2 Å². The number of phenols is 1. The number of phenolic OH excluding ortho intramolecular Hbond substituents is 1. The predicted molar refractivity (Wildman–Crippen MR) is 80.8 cm³/mol. The molecule has 5 heteroatoms. The fraction of sp³-hybridized carbons (Fsp3) is 0.133. The lowest BCUT2D eigenvalue weighted by Gasteiger charge is -2.15. The van der Waals surface area contributed by atoms with Crippen LogP contribution in [0, 0.1) is 11.3 Å². The summed E-state index contributed by atoms with van der Waals surface area (Å²) in [6, 6.07) is 14.1. The summed E-state index contributed by atoms with van der Waals surface area (Å²) in [5.41, 5.74) is 1.56. The fourth-order valence-electron chi connectivity index (χ4n) is 1.81. The number of halogens is 1. The van der Waals surface area contributed by atoms with E-state index in [1.807, 2.05) is 24.3 Å². The molecule has 1 unspecified atom stereocenters. The van der Waals surface area contributed by atoms with Crippen molar-refractivity contribution in [2.45, 2.75) is 6.04 Å². The van der Waals surface area contributed by atoms with Crippen molar-refractivity contribution >= 4 is 21.6 Å². The maximum absolute atomic E-state index is 9.58. The number of rotatable bonds is 4. The molecule has 0 saturated heterocycles. The van der Waals surface area contributed by atoms with Gasteiger partial charge in [0.2, 0.25) is 0 Å². The zero-order valence-corrected chi connectivity index (χ0v) is 12.4. The van der Waals surface area contributed by atoms with Gasteiger partial charge in [-0.3, -0.25) is 0 Å². The molecule has 2 aromatic rings. The minimum atomic E-state index is -0.529. The molecule has 0 saturated carbocycles. The largest absolute Gasteiger partial charge is 0.504 e. The highest BCUT2D eigenvalue weighted by molar-refractivity contribution is 9.10. The maximum Gasteiger partial charge on any atom is 0.160 e. The van der Waals surface area contributed by atoms with Gasteiger partial charge in [-0.1, -0.05) is 28.1 Å². The van der Waals surface area contributed by atoms with E-state index < -0.39 is 6.04 Å². The summed E-state index contributed by atoms with van der Waals surface area (Å²) < 4.78 is 5.99. The first-order chi connectivity index (χ1) is 9.63. The van der Waals surface area contributed by atoms with E-state index in [2.05, 4.69) is 27.3 Å². The van der Waals surface area contributed by atoms with Gasteiger partial charge >= 0.3 is 0 Å². The highest BCUT2D eigenvalue weighted by atomic mass is 79.9. The number of anilines is 1. The van der Waals surface area contributed by atoms with Crippen molar-refractivity contribution in [2.75, 3.05) is 12.4 Å². The third-order valence-electron chi connectivity index (χ3n) is 2.80. The van der Waals surface area contributed by atoms with Gasteiger partial charge in [0.25, 0.3) is 0 Å². The van der Waals surface area contributed by atoms with Crippen molar-refractivity contribution in [3.63, 3.8) is 0 Å². The molecule has 1 atom stereocenters. The number of nitrogens with one attached hydrogen (secondary N) is 1. The average Bonchev–Trinajstić information content (AvgIpc) is 2.45. The van der Waals surface area contributed by atoms with E-state index in [-0.39, 0.29) is 5.75 Å². The molecular formula is C15H13BrN2O2. The predicted octanol–water partition coefficient (Wildman–Crippen LogP) is 3.84. The van der Waals surface area contributed by atoms with Gasteiger partial charge in [-0.05, 0) is 35.9 Å². The van der Waals surface area contributed by atoms with E-state index in [1.165, 1.54) is 13.2 Å². The van der Waals surface area contributed by atoms with Crippen molar-refractivity contribution in [3.8, 4) is 17.6 Å². The summed E-state index contributed by atoms with van der Waals surface area (Å²) in [7, 11) is 1.47. The second kappa shape index (κ2) is 6.31. The smallest absolute Gasteiger partial charge is 0.160 e. The number of nitriles is 1. The number of aromatic hydroxyl groups is 1. The Bertz CT molecular complexity index is 653. The molecular weight excluding hydrogens is 320 g/mol. The molecule has 102 valence electrons. The Morgan fingerprint density at radius 3 is 2.75 bits per heavy atom. The summed E-state index contributed by atoms with van der Waals surface area (Å²) in [4.78, 5) is 0. The number of ether oxygens (including phenoxy) is 1. The van der Waals surface area contributed by atoms with Gasteiger partial charge in [-0.25, -0.2) is 0 Å². The molecule has 0 radical (unpaired) electrons. The van der Waals surface area contributed by atoms with E-state index in [9.17, 15) is 10.4 Å². The molecule has 0 aliphatic heterocycles. The Kier molecular flexibility index (Phi) is 4.49. The van der Waals surface area contributed by atoms with Crippen LogP contribution in [0.4, 0.5) is 5.69 Å². The van der Waals surface area contributed by atoms with Gasteiger partial charge in [0.1, 0.15) is 6.04 Å². The van der Waals surface area contributed by atoms with Crippen LogP contribution in [0.2, 0.25) is 0 Å². The number of benzene rings is 2. The average molecular weight is 333 g/mol. The number of nitrogens with zero attached hydrogens (tertiary/aromatic N) is 1. The maximum atomic E-state index is 9.58. The third kappa shape index (κ3) is 3.22. The number of methoxy groups -OCH3 is 1. The van der Waals surface area contributed by atoms with Crippen molar-refractivity contribution < 1.29 is 9.84 Å². The Morgan fingerprint density at radius 2 is 2.10 bits per heavy atom. The minimum absolute atomic E-state index is 0.0513. The summed E-state index contributed by atoms with van der Waals surface area (Å²) in [5.74, 6) is 0.397. The van der Waals surface area contributed by atoms with Gasteiger partial charge in [0.15, 0.2) is 11.5 Å². The molecule has 0 bridgehead atoms. The lowest BCUT2D eigenvalue weighted by molar-refractivity contribution is 0.373. The van der Waals surface area contributed by atoms with Crippen molar-refractivity contribution in [2.24, 2.45) is 0 Å². The third-order valence-corrected chi connectivity index (χ3v) is 3.30. The van der Waals surface area contributed by atoms with Crippen LogP contribution in [0.1, 0.15) is 11.6 Å². The van der Waals surface area contributed by atoms with Crippen LogP contribution in [0.25, 0.3) is 0 Å². The highest BCUT2D eigenvalue weighted by Crippen LogP contribution is 2.30. The summed E-state index contributed by atoms with van der Waals surface area (Å²) in [5, 5.41) is 22.0. The first-order valence-corrected chi connectivity index (χ1v) is 6.72. The monoisotopic (exact) mass is 332 g/mol. The Morgan fingerprint density at radius 1 is 1.30 bits per heavy atom. The molecule has 0 aromatic heterocycles. The second-order valence-electron chi connectivity index (χ2n) is 4.15. The first kappa shape index (κ1) is 14.2. The Balaban J connectivity index is 2.27. The topological polar surface area (TPSA) is 65.3 Å². The standard InChI is InChI=1S/C15H13BrN2O2/c1-20-15-7-10(5-6-14(15)19)13(9-17)18-12-4-2-3-11(16)8-12/h2-8,13,18-19H,1H3. The van der Waals surface area contributed by atoms with E-state index in [0.29, 0.717) is 5.75 Å². The summed E-state index contributed by atoms with van der Waals surface area (Å²) in [6.07, 6.45) is 0. The molecule has 0 amide bonds. The SMILES string of the molecule is COc1cc(C(C#N)Nc2cccc(Br)c2)ccc1O. The van der Waals surface area contributed by atoms with Crippen LogP contribution < -0.4 is 10.1 Å². The van der Waals surface area contributed by atoms with E-state index in [1.54, 1.807) is 12.1 Å². The van der Waals surface area contributed by atoms with Crippen LogP contribution in [-0.4, -0.2) is 12.2 Å². The van der Waals surface area contributed by atoms with Crippen molar-refractivity contribution in [3.05, 3.63) is 52.5 Å². The van der Waals surface area contributed by atoms with Gasteiger partial charge in [-0.15, -0.1) is 0 Å². The molecule has 2 N–H and O–H groups in total. The molecule has 0 aliphatic carbocycles. The quantitative estimate of drug-likeness (QED) is 0.892. The van der Waals surface area contributed by atoms with Crippen LogP contribution in [-0.2, 0) is 0 Å². The summed E-state index contributed by atoms with van der Waals surface area (Å²) >= 11 is 3.39. The van der Waals surface area contributed by atoms with Crippen molar-refractivity contribution in [1.82, 2.24) is 0 Å². The van der Waals surface area contributed by atoms with Gasteiger partial charge in [-0.2, -0.15) is 5.26 Å². The lowest BCUT2D eigenvalue weighted by atomic mass is 10.1. The van der Waals surface area contributed by atoms with Crippen LogP contribution in [0.3, 0.4) is 0 Å². The van der Waals surface area contributed by atoms with Crippen LogP contribution in [0.5, 0.6) is 11.5 Å². The molecule has 20 heavy (non-hydrogen) atoms. The molecule has 0 heterocycles. The van der Waals surface area contributed by atoms with Gasteiger partial charge < -0.3 is 15.2 Å². The second-order valence-corrected chi connectivity index (χ2v) is 5.06. The van der Waals surface area contributed by atoms with E-state index >= 15 is 0 Å². The zero-order valence-electron chi connectivity index (χ0n) is 10.8. The van der Waals surface area contributed by atoms with Gasteiger partial charge in [0, 0.05) is 10.2 Å². The van der Waals surface area contributed by atoms with E-state index in [4.69, 9.17) is 4.74 Å². The van der Waals surface area contributed by atoms with Crippen LogP contribution >= 0.6 is 15.9 Å². The Hall–Kier alpha value is -2.19. The Labute approximate surface area is 125 Å². The molecule has 2 rings (SSSR count). The fourth-order valence-corrected chi connectivity index (χ4v) is 2.21. The normalized spacial score (nSPS) is 11.4. The molecule has 0 spiro atoms. The minimum Gasteiger partial charge on any atom is -0.504 e. The van der Waals surface area contributed by atoms with Crippen molar-refractivity contribution in [1.29, 1.82) is 5.26 Å². The number of hydrogen-bond acceptors (Lipinski definition) is 4. The number of hydrogen-bond donors (Lipinski definition) is 2. The van der Waals surface area contributed by atoms with E-state index in [0.717, 1.165) is 15.7 Å². The molecule has 0 aliphatic rings. The molecule has 4 nitrogen and oxygen atoms in total. The lowest BCUT2D eigenvalue weighted by Crippen LogP contribution is -2.08. The first-order valence-electron chi connectivity index (χ1n) is 5.92.